The number of aromatic nitrogens is 3. The van der Waals surface area contributed by atoms with Gasteiger partial charge in [0.05, 0.1) is 36.8 Å². The summed E-state index contributed by atoms with van der Waals surface area (Å²) in [7, 11) is 0. The second-order valence-corrected chi connectivity index (χ2v) is 9.57. The van der Waals surface area contributed by atoms with Crippen molar-refractivity contribution in [1.29, 1.82) is 0 Å². The van der Waals surface area contributed by atoms with Crippen molar-refractivity contribution in [1.82, 2.24) is 19.2 Å². The third-order valence-electron chi connectivity index (χ3n) is 5.71. The molecular weight excluding hydrogens is 557 g/mol. The Hall–Kier alpha value is -3.53. The molecule has 39 heavy (non-hydrogen) atoms. The molecule has 2 aromatic heterocycles. The molecule has 0 unspecified atom stereocenters. The molecule has 1 saturated heterocycles. The lowest BCUT2D eigenvalue weighted by Gasteiger charge is -2.18. The van der Waals surface area contributed by atoms with Crippen molar-refractivity contribution in [2.24, 2.45) is 5.92 Å². The highest BCUT2D eigenvalue weighted by atomic mass is 32.1. The van der Waals surface area contributed by atoms with Crippen LogP contribution in [0.5, 0.6) is 5.75 Å². The maximum Gasteiger partial charge on any atom is 0.434 e. The van der Waals surface area contributed by atoms with Crippen LogP contribution < -0.4 is 15.4 Å². The van der Waals surface area contributed by atoms with Crippen LogP contribution in [0.4, 0.5) is 47.2 Å². The number of carbonyl (C=O) groups is 1. The van der Waals surface area contributed by atoms with E-state index in [0.29, 0.717) is 18.3 Å². The number of carbonyl (C=O) groups excluding carboxylic acids is 1. The van der Waals surface area contributed by atoms with Gasteiger partial charge in [-0.15, -0.1) is 0 Å². The Kier molecular flexibility index (Phi) is 8.25. The van der Waals surface area contributed by atoms with Gasteiger partial charge >= 0.3 is 12.4 Å². The van der Waals surface area contributed by atoms with Crippen LogP contribution in [0.25, 0.3) is 0 Å². The van der Waals surface area contributed by atoms with Crippen molar-refractivity contribution in [2.75, 3.05) is 36.9 Å². The maximum atomic E-state index is 14.3. The van der Waals surface area contributed by atoms with E-state index in [1.165, 1.54) is 17.0 Å². The fraction of sp³-hybridized carbons (Fsp3) is 0.391. The van der Waals surface area contributed by atoms with E-state index in [-0.39, 0.29) is 53.4 Å². The van der Waals surface area contributed by atoms with E-state index in [4.69, 9.17) is 4.74 Å². The van der Waals surface area contributed by atoms with Gasteiger partial charge in [-0.1, -0.05) is 0 Å². The second-order valence-electron chi connectivity index (χ2n) is 8.80. The molecule has 1 aromatic carbocycles. The first-order chi connectivity index (χ1) is 18.3. The lowest BCUT2D eigenvalue weighted by atomic mass is 10.1. The quantitative estimate of drug-likeness (QED) is 0.334. The van der Waals surface area contributed by atoms with Gasteiger partial charge in [0.2, 0.25) is 0 Å². The van der Waals surface area contributed by atoms with E-state index in [9.17, 15) is 35.5 Å². The molecule has 1 atom stereocenters. The molecule has 3 heterocycles. The Balaban J connectivity index is 1.40. The number of ether oxygens (including phenoxy) is 1. The molecular formula is C23H21F7N6O2S. The van der Waals surface area contributed by atoms with Gasteiger partial charge in [0.15, 0.2) is 17.3 Å². The summed E-state index contributed by atoms with van der Waals surface area (Å²) in [5.41, 5.74) is -0.591. The number of hydrogen-bond acceptors (Lipinski definition) is 8. The average molecular weight is 579 g/mol. The third kappa shape index (κ3) is 7.53. The minimum Gasteiger partial charge on any atom is -0.490 e. The van der Waals surface area contributed by atoms with E-state index in [1.54, 1.807) is 6.92 Å². The lowest BCUT2D eigenvalue weighted by Crippen LogP contribution is -2.32. The maximum absolute atomic E-state index is 14.3. The summed E-state index contributed by atoms with van der Waals surface area (Å²) in [5.74, 6) is -1.79. The van der Waals surface area contributed by atoms with Gasteiger partial charge in [-0.25, -0.2) is 14.4 Å². The topological polar surface area (TPSA) is 92.3 Å². The summed E-state index contributed by atoms with van der Waals surface area (Å²) in [5, 5.41) is 5.51. The van der Waals surface area contributed by atoms with E-state index in [0.717, 1.165) is 23.8 Å². The molecule has 4 rings (SSSR count). The van der Waals surface area contributed by atoms with Crippen LogP contribution in [0.1, 0.15) is 28.2 Å². The summed E-state index contributed by atoms with van der Waals surface area (Å²) >= 11 is 0.880. The largest absolute Gasteiger partial charge is 0.490 e. The Bertz CT molecular complexity index is 1310. The Labute approximate surface area is 221 Å². The number of rotatable bonds is 8. The average Bonchev–Trinajstić information content (AvgIpc) is 3.43. The first-order valence-electron chi connectivity index (χ1n) is 11.4. The summed E-state index contributed by atoms with van der Waals surface area (Å²) in [6.45, 7) is 0.963. The lowest BCUT2D eigenvalue weighted by molar-refractivity contribution is -0.144. The summed E-state index contributed by atoms with van der Waals surface area (Å²) in [6, 6.07) is 3.62. The van der Waals surface area contributed by atoms with Crippen molar-refractivity contribution < 1.29 is 40.3 Å². The molecule has 1 aliphatic rings. The molecule has 1 fully saturated rings. The predicted molar refractivity (Wildman–Crippen MR) is 128 cm³/mol. The number of alkyl halides is 6. The molecule has 0 radical (unpaired) electrons. The highest BCUT2D eigenvalue weighted by Gasteiger charge is 2.35. The van der Waals surface area contributed by atoms with Crippen LogP contribution in [0.3, 0.4) is 0 Å². The molecule has 1 aliphatic heterocycles. The van der Waals surface area contributed by atoms with Crippen molar-refractivity contribution in [2.45, 2.75) is 25.7 Å². The van der Waals surface area contributed by atoms with Crippen LogP contribution in [0.2, 0.25) is 0 Å². The molecule has 8 nitrogen and oxygen atoms in total. The Morgan fingerprint density at radius 1 is 1.18 bits per heavy atom. The number of likely N-dealkylation sites (tertiary alicyclic amines) is 1. The van der Waals surface area contributed by atoms with Crippen molar-refractivity contribution in [3.05, 3.63) is 53.4 Å². The standard InChI is InChI=1S/C23H21F7N6O2S/c1-12-19(21(39-35-12)34-18-8-31-17(7-32-18)23(28,29)30)20(37)33-14-2-3-15(24)16(6-14)38-10-13-4-5-36(9-13)11-22(25,26)27/h2-3,6-8,13H,4-5,9-11H2,1H3,(H,32,34)(H,33,37)/t13-/m1/s1. The van der Waals surface area contributed by atoms with Gasteiger partial charge in [-0.05, 0) is 43.6 Å². The number of halogens is 7. The number of amides is 1. The molecule has 0 saturated carbocycles. The Morgan fingerprint density at radius 2 is 1.95 bits per heavy atom. The second kappa shape index (κ2) is 11.3. The molecule has 2 N–H and O–H groups in total. The van der Waals surface area contributed by atoms with Gasteiger partial charge in [-0.2, -0.15) is 30.7 Å². The minimum atomic E-state index is -4.65. The minimum absolute atomic E-state index is 0.00152. The summed E-state index contributed by atoms with van der Waals surface area (Å²) in [4.78, 5) is 21.2. The predicted octanol–water partition coefficient (Wildman–Crippen LogP) is 5.66. The number of nitrogens with one attached hydrogen (secondary N) is 2. The number of hydrogen-bond donors (Lipinski definition) is 2. The van der Waals surface area contributed by atoms with Crippen LogP contribution in [0.15, 0.2) is 30.6 Å². The SMILES string of the molecule is Cc1nsc(Nc2cnc(C(F)(F)F)cn2)c1C(=O)Nc1ccc(F)c(OC[C@@H]2CCN(CC(F)(F)F)C2)c1. The summed E-state index contributed by atoms with van der Waals surface area (Å²) in [6.07, 6.45) is -7.06. The zero-order chi connectivity index (χ0) is 28.4. The smallest absolute Gasteiger partial charge is 0.434 e. The van der Waals surface area contributed by atoms with Gasteiger partial charge in [-0.3, -0.25) is 9.69 Å². The van der Waals surface area contributed by atoms with E-state index in [2.05, 4.69) is 25.0 Å². The first-order valence-corrected chi connectivity index (χ1v) is 12.2. The number of benzene rings is 1. The molecule has 210 valence electrons. The highest BCUT2D eigenvalue weighted by molar-refractivity contribution is 7.10. The van der Waals surface area contributed by atoms with Gasteiger partial charge < -0.3 is 15.4 Å². The van der Waals surface area contributed by atoms with Gasteiger partial charge in [0.25, 0.3) is 5.91 Å². The van der Waals surface area contributed by atoms with Crippen LogP contribution >= 0.6 is 11.5 Å². The molecule has 0 aliphatic carbocycles. The Morgan fingerprint density at radius 3 is 2.62 bits per heavy atom. The fourth-order valence-corrected chi connectivity index (χ4v) is 4.72. The summed E-state index contributed by atoms with van der Waals surface area (Å²) < 4.78 is 99.9. The van der Waals surface area contributed by atoms with Crippen LogP contribution in [-0.4, -0.2) is 57.6 Å². The highest BCUT2D eigenvalue weighted by Crippen LogP contribution is 2.31. The fourth-order valence-electron chi connectivity index (χ4n) is 3.92. The number of nitrogens with zero attached hydrogens (tertiary/aromatic N) is 4. The number of aryl methyl sites for hydroxylation is 1. The van der Waals surface area contributed by atoms with E-state index < -0.39 is 36.3 Å². The first kappa shape index (κ1) is 28.5. The van der Waals surface area contributed by atoms with Crippen LogP contribution in [0, 0.1) is 18.7 Å². The van der Waals surface area contributed by atoms with Crippen LogP contribution in [-0.2, 0) is 6.18 Å². The van der Waals surface area contributed by atoms with E-state index in [1.807, 2.05) is 0 Å². The van der Waals surface area contributed by atoms with Crippen molar-refractivity contribution >= 4 is 33.9 Å². The molecule has 1 amide bonds. The third-order valence-corrected chi connectivity index (χ3v) is 6.56. The van der Waals surface area contributed by atoms with Gasteiger partial charge in [0, 0.05) is 24.2 Å². The zero-order valence-electron chi connectivity index (χ0n) is 20.2. The van der Waals surface area contributed by atoms with Crippen molar-refractivity contribution in [3.8, 4) is 5.75 Å². The molecule has 0 bridgehead atoms. The normalized spacial score (nSPS) is 16.4. The van der Waals surface area contributed by atoms with Gasteiger partial charge in [0.1, 0.15) is 10.8 Å². The number of anilines is 3. The molecule has 16 heteroatoms. The molecule has 3 aromatic rings. The van der Waals surface area contributed by atoms with E-state index >= 15 is 0 Å². The zero-order valence-corrected chi connectivity index (χ0v) is 21.0. The molecule has 0 spiro atoms. The monoisotopic (exact) mass is 578 g/mol. The van der Waals surface area contributed by atoms with Crippen molar-refractivity contribution in [3.63, 3.8) is 0 Å².